The molecule has 1 atom stereocenters. The van der Waals surface area contributed by atoms with Gasteiger partial charge in [0.2, 0.25) is 0 Å². The highest BCUT2D eigenvalue weighted by molar-refractivity contribution is 5.93. The smallest absolute Gasteiger partial charge is 0.335 e. The summed E-state index contributed by atoms with van der Waals surface area (Å²) in [5, 5.41) is 22.6. The third-order valence-electron chi connectivity index (χ3n) is 2.70. The average molecular weight is 294 g/mol. The molecule has 1 rings (SSSR count). The monoisotopic (exact) mass is 294 g/mol. The molecule has 0 bridgehead atoms. The third-order valence-corrected chi connectivity index (χ3v) is 2.70. The minimum Gasteiger partial charge on any atom is -0.480 e. The van der Waals surface area contributed by atoms with Gasteiger partial charge in [0, 0.05) is 5.69 Å². The van der Waals surface area contributed by atoms with Crippen LogP contribution in [-0.2, 0) is 4.79 Å². The van der Waals surface area contributed by atoms with Crippen molar-refractivity contribution in [1.29, 1.82) is 0 Å². The molecule has 7 heteroatoms. The van der Waals surface area contributed by atoms with Gasteiger partial charge in [-0.1, -0.05) is 13.8 Å². The van der Waals surface area contributed by atoms with Crippen LogP contribution in [-0.4, -0.2) is 34.2 Å². The van der Waals surface area contributed by atoms with Gasteiger partial charge in [-0.3, -0.25) is 0 Å². The molecule has 0 heterocycles. The highest BCUT2D eigenvalue weighted by Gasteiger charge is 2.21. The Morgan fingerprint density at radius 2 is 1.67 bits per heavy atom. The Balaban J connectivity index is 2.63. The van der Waals surface area contributed by atoms with Gasteiger partial charge in [0.1, 0.15) is 6.04 Å². The molecule has 114 valence electrons. The summed E-state index contributed by atoms with van der Waals surface area (Å²) in [5.74, 6) is -2.03. The Morgan fingerprint density at radius 1 is 1.10 bits per heavy atom. The van der Waals surface area contributed by atoms with E-state index in [1.807, 2.05) is 13.8 Å². The molecule has 4 N–H and O–H groups in total. The van der Waals surface area contributed by atoms with Crippen LogP contribution in [0.15, 0.2) is 24.3 Å². The third kappa shape index (κ3) is 5.52. The summed E-state index contributed by atoms with van der Waals surface area (Å²) in [6, 6.07) is 3.94. The molecule has 1 aromatic rings. The first-order valence-corrected chi connectivity index (χ1v) is 6.43. The summed E-state index contributed by atoms with van der Waals surface area (Å²) in [4.78, 5) is 33.5. The molecule has 0 aliphatic heterocycles. The Bertz CT molecular complexity index is 525. The van der Waals surface area contributed by atoms with Gasteiger partial charge < -0.3 is 20.8 Å². The van der Waals surface area contributed by atoms with Gasteiger partial charge >= 0.3 is 18.0 Å². The van der Waals surface area contributed by atoms with Crippen LogP contribution in [0.25, 0.3) is 0 Å². The van der Waals surface area contributed by atoms with Crippen LogP contribution >= 0.6 is 0 Å². The number of nitrogens with one attached hydrogen (secondary N) is 2. The number of carbonyl (C=O) groups is 3. The second-order valence-corrected chi connectivity index (χ2v) is 5.00. The van der Waals surface area contributed by atoms with E-state index in [9.17, 15) is 14.4 Å². The van der Waals surface area contributed by atoms with Gasteiger partial charge in [-0.15, -0.1) is 0 Å². The summed E-state index contributed by atoms with van der Waals surface area (Å²) < 4.78 is 0. The Morgan fingerprint density at radius 3 is 2.10 bits per heavy atom. The van der Waals surface area contributed by atoms with Crippen molar-refractivity contribution in [1.82, 2.24) is 5.32 Å². The molecule has 0 radical (unpaired) electrons. The quantitative estimate of drug-likeness (QED) is 0.640. The summed E-state index contributed by atoms with van der Waals surface area (Å²) >= 11 is 0. The largest absolute Gasteiger partial charge is 0.480 e. The van der Waals surface area contributed by atoms with Gasteiger partial charge in [0.05, 0.1) is 5.56 Å². The van der Waals surface area contributed by atoms with Crippen molar-refractivity contribution in [2.45, 2.75) is 26.3 Å². The maximum atomic E-state index is 11.7. The van der Waals surface area contributed by atoms with E-state index in [1.54, 1.807) is 0 Å². The van der Waals surface area contributed by atoms with Gasteiger partial charge in [-0.2, -0.15) is 0 Å². The lowest BCUT2D eigenvalue weighted by molar-refractivity contribution is -0.139. The fraction of sp³-hybridized carbons (Fsp3) is 0.357. The van der Waals surface area contributed by atoms with Crippen LogP contribution in [0.3, 0.4) is 0 Å². The lowest BCUT2D eigenvalue weighted by Crippen LogP contribution is -2.43. The van der Waals surface area contributed by atoms with Gasteiger partial charge in [-0.05, 0) is 36.6 Å². The number of carboxylic acids is 2. The van der Waals surface area contributed by atoms with Crippen molar-refractivity contribution in [3.63, 3.8) is 0 Å². The lowest BCUT2D eigenvalue weighted by Gasteiger charge is -2.16. The molecule has 2 amide bonds. The SMILES string of the molecule is CC(C)C[C@H](NC(=O)Nc1ccc(C(=O)O)cc1)C(=O)O. The van der Waals surface area contributed by atoms with Crippen LogP contribution in [0.5, 0.6) is 0 Å². The maximum absolute atomic E-state index is 11.7. The van der Waals surface area contributed by atoms with Crippen LogP contribution in [0, 0.1) is 5.92 Å². The number of amides is 2. The first kappa shape index (κ1) is 16.5. The standard InChI is InChI=1S/C14H18N2O5/c1-8(2)7-11(13(19)20)16-14(21)15-10-5-3-9(4-6-10)12(17)18/h3-6,8,11H,7H2,1-2H3,(H,17,18)(H,19,20)(H2,15,16,21)/t11-/m0/s1. The average Bonchev–Trinajstić information content (AvgIpc) is 2.37. The second kappa shape index (κ2) is 7.28. The second-order valence-electron chi connectivity index (χ2n) is 5.00. The van der Waals surface area contributed by atoms with Crippen LogP contribution in [0.4, 0.5) is 10.5 Å². The van der Waals surface area contributed by atoms with E-state index in [-0.39, 0.29) is 11.5 Å². The van der Waals surface area contributed by atoms with Crippen molar-refractivity contribution in [2.75, 3.05) is 5.32 Å². The molecule has 0 saturated carbocycles. The molecule has 0 aromatic heterocycles. The first-order valence-electron chi connectivity index (χ1n) is 6.43. The highest BCUT2D eigenvalue weighted by atomic mass is 16.4. The topological polar surface area (TPSA) is 116 Å². The van der Waals surface area contributed by atoms with Crippen molar-refractivity contribution in [3.05, 3.63) is 29.8 Å². The molecule has 21 heavy (non-hydrogen) atoms. The van der Waals surface area contributed by atoms with E-state index in [0.717, 1.165) is 0 Å². The zero-order valence-corrected chi connectivity index (χ0v) is 11.8. The van der Waals surface area contributed by atoms with E-state index in [0.29, 0.717) is 12.1 Å². The number of anilines is 1. The number of urea groups is 1. The molecule has 0 aliphatic rings. The minimum absolute atomic E-state index is 0.101. The maximum Gasteiger partial charge on any atom is 0.335 e. The first-order chi connectivity index (χ1) is 9.79. The normalized spacial score (nSPS) is 11.8. The predicted molar refractivity (Wildman–Crippen MR) is 76.4 cm³/mol. The minimum atomic E-state index is -1.10. The zero-order valence-electron chi connectivity index (χ0n) is 11.8. The van der Waals surface area contributed by atoms with Gasteiger partial charge in [-0.25, -0.2) is 14.4 Å². The number of hydrogen-bond donors (Lipinski definition) is 4. The fourth-order valence-electron chi connectivity index (χ4n) is 1.71. The van der Waals surface area contributed by atoms with Gasteiger partial charge in [0.25, 0.3) is 0 Å². The van der Waals surface area contributed by atoms with Crippen LogP contribution < -0.4 is 10.6 Å². The molecular formula is C14H18N2O5. The zero-order chi connectivity index (χ0) is 16.0. The Hall–Kier alpha value is -2.57. The summed E-state index contributed by atoms with van der Waals surface area (Å²) in [6.07, 6.45) is 0.320. The van der Waals surface area contributed by atoms with Crippen molar-refractivity contribution in [3.8, 4) is 0 Å². The summed E-state index contributed by atoms with van der Waals surface area (Å²) in [5.41, 5.74) is 0.482. The molecule has 1 aromatic carbocycles. The number of aliphatic carboxylic acids is 1. The molecular weight excluding hydrogens is 276 g/mol. The Labute approximate surface area is 122 Å². The highest BCUT2D eigenvalue weighted by Crippen LogP contribution is 2.10. The van der Waals surface area contributed by atoms with Crippen molar-refractivity contribution in [2.24, 2.45) is 5.92 Å². The Kier molecular flexibility index (Phi) is 5.71. The van der Waals surface area contributed by atoms with E-state index in [2.05, 4.69) is 10.6 Å². The number of rotatable bonds is 6. The van der Waals surface area contributed by atoms with Crippen molar-refractivity contribution >= 4 is 23.7 Å². The van der Waals surface area contributed by atoms with Crippen LogP contribution in [0.1, 0.15) is 30.6 Å². The van der Waals surface area contributed by atoms with Gasteiger partial charge in [0.15, 0.2) is 0 Å². The van der Waals surface area contributed by atoms with Crippen LogP contribution in [0.2, 0.25) is 0 Å². The van der Waals surface area contributed by atoms with Crippen molar-refractivity contribution < 1.29 is 24.6 Å². The van der Waals surface area contributed by atoms with E-state index >= 15 is 0 Å². The number of aromatic carboxylic acids is 1. The number of hydrogen-bond acceptors (Lipinski definition) is 3. The molecule has 7 nitrogen and oxygen atoms in total. The number of carbonyl (C=O) groups excluding carboxylic acids is 1. The van der Waals surface area contributed by atoms with E-state index < -0.39 is 24.0 Å². The number of benzene rings is 1. The summed E-state index contributed by atoms with van der Waals surface area (Å²) in [6.45, 7) is 3.72. The fourth-order valence-corrected chi connectivity index (χ4v) is 1.71. The van der Waals surface area contributed by atoms with E-state index in [1.165, 1.54) is 24.3 Å². The molecule has 0 fully saturated rings. The molecule has 0 saturated heterocycles. The van der Waals surface area contributed by atoms with E-state index in [4.69, 9.17) is 10.2 Å². The lowest BCUT2D eigenvalue weighted by atomic mass is 10.0. The molecule has 0 aliphatic carbocycles. The molecule has 0 spiro atoms. The summed E-state index contributed by atoms with van der Waals surface area (Å²) in [7, 11) is 0. The number of carboxylic acid groups (broad SMARTS) is 2. The molecule has 0 unspecified atom stereocenters. The predicted octanol–water partition coefficient (Wildman–Crippen LogP) is 2.01.